The van der Waals surface area contributed by atoms with Gasteiger partial charge in [0.05, 0.1) is 7.11 Å². The third-order valence-electron chi connectivity index (χ3n) is 3.47. The fraction of sp³-hybridized carbons (Fsp3) is 0.333. The first-order valence-corrected chi connectivity index (χ1v) is 7.85. The quantitative estimate of drug-likeness (QED) is 0.868. The molecule has 1 aromatic heterocycles. The van der Waals surface area contributed by atoms with Gasteiger partial charge in [0.25, 0.3) is 0 Å². The van der Waals surface area contributed by atoms with Gasteiger partial charge in [-0.25, -0.2) is 0 Å². The van der Waals surface area contributed by atoms with Crippen LogP contribution in [-0.2, 0) is 11.3 Å². The van der Waals surface area contributed by atoms with E-state index in [1.165, 1.54) is 0 Å². The van der Waals surface area contributed by atoms with E-state index < -0.39 is 0 Å². The highest BCUT2D eigenvalue weighted by atomic mass is 32.2. The van der Waals surface area contributed by atoms with Crippen molar-refractivity contribution in [3.63, 3.8) is 0 Å². The first-order valence-electron chi connectivity index (χ1n) is 6.80. The van der Waals surface area contributed by atoms with Gasteiger partial charge >= 0.3 is 0 Å². The number of carbonyl (C=O) groups is 1. The van der Waals surface area contributed by atoms with Gasteiger partial charge in [-0.05, 0) is 23.8 Å². The molecule has 1 fully saturated rings. The molecule has 1 amide bonds. The second-order valence-corrected chi connectivity index (χ2v) is 5.98. The molecular weight excluding hydrogens is 286 g/mol. The highest BCUT2D eigenvalue weighted by molar-refractivity contribution is 7.99. The number of hydrogen-bond acceptors (Lipinski definition) is 4. The zero-order valence-electron chi connectivity index (χ0n) is 11.8. The highest BCUT2D eigenvalue weighted by Gasteiger charge is 2.30. The summed E-state index contributed by atoms with van der Waals surface area (Å²) in [6.07, 6.45) is 3.50. The highest BCUT2D eigenvalue weighted by Crippen LogP contribution is 2.38. The molecule has 1 unspecified atom stereocenters. The van der Waals surface area contributed by atoms with Gasteiger partial charge < -0.3 is 9.64 Å². The Morgan fingerprint density at radius 3 is 2.90 bits per heavy atom. The maximum Gasteiger partial charge on any atom is 0.245 e. The lowest BCUT2D eigenvalue weighted by Gasteiger charge is -2.24. The second-order valence-electron chi connectivity index (χ2n) is 4.79. The summed E-state index contributed by atoms with van der Waals surface area (Å²) in [6.45, 7) is 1.07. The zero-order valence-corrected chi connectivity index (χ0v) is 12.6. The molecule has 0 radical (unpaired) electrons. The monoisotopic (exact) mass is 303 g/mol. The van der Waals surface area contributed by atoms with Crippen LogP contribution >= 0.6 is 11.8 Å². The number of thioether (sulfide) groups is 1. The Kier molecular flexibility index (Phi) is 4.15. The Morgan fingerprint density at radius 2 is 2.24 bits per heavy atom. The minimum atomic E-state index is 0.0824. The summed E-state index contributed by atoms with van der Waals surface area (Å²) in [4.78, 5) is 14.4. The van der Waals surface area contributed by atoms with Gasteiger partial charge in [0.2, 0.25) is 5.91 Å². The summed E-state index contributed by atoms with van der Waals surface area (Å²) in [5.74, 6) is 1.89. The fourth-order valence-electron chi connectivity index (χ4n) is 2.39. The van der Waals surface area contributed by atoms with E-state index in [1.807, 2.05) is 41.4 Å². The average molecular weight is 303 g/mol. The van der Waals surface area contributed by atoms with E-state index in [1.54, 1.807) is 29.8 Å². The number of rotatable bonds is 4. The fourth-order valence-corrected chi connectivity index (χ4v) is 3.67. The Balaban J connectivity index is 1.73. The topological polar surface area (TPSA) is 47.4 Å². The second kappa shape index (κ2) is 6.22. The van der Waals surface area contributed by atoms with Gasteiger partial charge in [-0.3, -0.25) is 9.48 Å². The van der Waals surface area contributed by atoms with E-state index in [2.05, 4.69) is 5.10 Å². The number of ether oxygens (including phenoxy) is 1. The van der Waals surface area contributed by atoms with Crippen molar-refractivity contribution in [3.05, 3.63) is 48.3 Å². The number of nitrogens with zero attached hydrogens (tertiary/aromatic N) is 3. The molecule has 0 spiro atoms. The maximum atomic E-state index is 12.4. The lowest BCUT2D eigenvalue weighted by Crippen LogP contribution is -2.33. The molecule has 0 bridgehead atoms. The van der Waals surface area contributed by atoms with Crippen LogP contribution < -0.4 is 4.74 Å². The van der Waals surface area contributed by atoms with Crippen molar-refractivity contribution >= 4 is 17.7 Å². The first-order chi connectivity index (χ1) is 10.3. The molecule has 2 aromatic rings. The van der Waals surface area contributed by atoms with Crippen molar-refractivity contribution < 1.29 is 9.53 Å². The Bertz CT molecular complexity index is 598. The van der Waals surface area contributed by atoms with Crippen molar-refractivity contribution in [3.8, 4) is 5.75 Å². The van der Waals surface area contributed by atoms with Gasteiger partial charge in [-0.1, -0.05) is 12.1 Å². The summed E-state index contributed by atoms with van der Waals surface area (Å²) < 4.78 is 6.84. The summed E-state index contributed by atoms with van der Waals surface area (Å²) >= 11 is 1.79. The molecule has 0 saturated carbocycles. The minimum absolute atomic E-state index is 0.0824. The predicted octanol–water partition coefficient (Wildman–Crippen LogP) is 2.17. The number of methoxy groups -OCH3 is 1. The molecule has 0 aliphatic carbocycles. The van der Waals surface area contributed by atoms with E-state index in [-0.39, 0.29) is 11.3 Å². The number of hydrogen-bond donors (Lipinski definition) is 0. The molecule has 1 aliphatic rings. The number of aromatic nitrogens is 2. The number of carbonyl (C=O) groups excluding carboxylic acids is 1. The van der Waals surface area contributed by atoms with Crippen LogP contribution in [0.3, 0.4) is 0 Å². The average Bonchev–Trinajstić information content (AvgIpc) is 3.18. The van der Waals surface area contributed by atoms with Crippen molar-refractivity contribution in [1.82, 2.24) is 14.7 Å². The lowest BCUT2D eigenvalue weighted by molar-refractivity contribution is -0.132. The molecule has 5 nitrogen and oxygen atoms in total. The van der Waals surface area contributed by atoms with Gasteiger partial charge in [-0.2, -0.15) is 5.10 Å². The van der Waals surface area contributed by atoms with Crippen LogP contribution in [0.25, 0.3) is 0 Å². The third-order valence-corrected chi connectivity index (χ3v) is 4.73. The molecule has 2 heterocycles. The standard InChI is InChI=1S/C15H17N3O2S/c1-20-13-5-3-12(4-6-13)15-18(9-10-21-15)14(19)11-17-8-2-7-16-17/h2-8,15H,9-11H2,1H3. The summed E-state index contributed by atoms with van der Waals surface area (Å²) in [5, 5.41) is 4.18. The normalized spacial score (nSPS) is 18.0. The molecule has 110 valence electrons. The SMILES string of the molecule is COc1ccc(C2SCCN2C(=O)Cn2cccn2)cc1. The first kappa shape index (κ1) is 14.0. The molecule has 1 aromatic carbocycles. The van der Waals surface area contributed by atoms with Crippen LogP contribution in [0.1, 0.15) is 10.9 Å². The van der Waals surface area contributed by atoms with Gasteiger partial charge in [0, 0.05) is 24.7 Å². The predicted molar refractivity (Wildman–Crippen MR) is 82.1 cm³/mol. The van der Waals surface area contributed by atoms with Crippen molar-refractivity contribution in [2.45, 2.75) is 11.9 Å². The largest absolute Gasteiger partial charge is 0.497 e. The van der Waals surface area contributed by atoms with Crippen molar-refractivity contribution in [1.29, 1.82) is 0 Å². The molecule has 1 atom stereocenters. The summed E-state index contributed by atoms with van der Waals surface area (Å²) in [6, 6.07) is 9.74. The van der Waals surface area contributed by atoms with Crippen LogP contribution in [0.15, 0.2) is 42.7 Å². The van der Waals surface area contributed by atoms with E-state index >= 15 is 0 Å². The molecule has 3 rings (SSSR count). The smallest absolute Gasteiger partial charge is 0.245 e. The van der Waals surface area contributed by atoms with Gasteiger partial charge in [0.15, 0.2) is 0 Å². The van der Waals surface area contributed by atoms with Gasteiger partial charge in [0.1, 0.15) is 17.7 Å². The van der Waals surface area contributed by atoms with Crippen LogP contribution in [0.2, 0.25) is 0 Å². The molecule has 1 aliphatic heterocycles. The molecule has 21 heavy (non-hydrogen) atoms. The Labute approximate surface area is 127 Å². The van der Waals surface area contributed by atoms with Crippen LogP contribution in [0, 0.1) is 0 Å². The van der Waals surface area contributed by atoms with E-state index in [4.69, 9.17) is 4.74 Å². The summed E-state index contributed by atoms with van der Waals surface area (Å²) in [5.41, 5.74) is 1.13. The lowest BCUT2D eigenvalue weighted by atomic mass is 10.2. The molecular formula is C15H17N3O2S. The molecule has 1 saturated heterocycles. The molecule has 6 heteroatoms. The van der Waals surface area contributed by atoms with E-state index in [0.717, 1.165) is 23.6 Å². The minimum Gasteiger partial charge on any atom is -0.497 e. The Morgan fingerprint density at radius 1 is 1.43 bits per heavy atom. The Hall–Kier alpha value is -1.95. The van der Waals surface area contributed by atoms with E-state index in [9.17, 15) is 4.79 Å². The van der Waals surface area contributed by atoms with Crippen molar-refractivity contribution in [2.75, 3.05) is 19.4 Å². The number of benzene rings is 1. The van der Waals surface area contributed by atoms with Crippen LogP contribution in [0.4, 0.5) is 0 Å². The van der Waals surface area contributed by atoms with Crippen LogP contribution in [-0.4, -0.2) is 40.0 Å². The van der Waals surface area contributed by atoms with Crippen molar-refractivity contribution in [2.24, 2.45) is 0 Å². The van der Waals surface area contributed by atoms with E-state index in [0.29, 0.717) is 6.54 Å². The van der Waals surface area contributed by atoms with Gasteiger partial charge in [-0.15, -0.1) is 11.8 Å². The molecule has 0 N–H and O–H groups in total. The number of amides is 1. The maximum absolute atomic E-state index is 12.4. The van der Waals surface area contributed by atoms with Crippen LogP contribution in [0.5, 0.6) is 5.75 Å². The zero-order chi connectivity index (χ0) is 14.7. The summed E-state index contributed by atoms with van der Waals surface area (Å²) in [7, 11) is 1.65. The third kappa shape index (κ3) is 3.05.